The minimum Gasteiger partial charge on any atom is -0.460 e. The average Bonchev–Trinajstić information content (AvgIpc) is 2.73. The van der Waals surface area contributed by atoms with E-state index in [9.17, 15) is 9.59 Å². The third-order valence-electron chi connectivity index (χ3n) is 3.51. The van der Waals surface area contributed by atoms with Crippen LogP contribution in [-0.2, 0) is 14.3 Å². The van der Waals surface area contributed by atoms with E-state index in [4.69, 9.17) is 51.1 Å². The maximum absolute atomic E-state index is 12.6. The molecule has 0 aromatic heterocycles. The Bertz CT molecular complexity index is 625. The summed E-state index contributed by atoms with van der Waals surface area (Å²) in [5, 5.41) is -0.320. The summed E-state index contributed by atoms with van der Waals surface area (Å²) < 4.78 is 1.50. The Hall–Kier alpha value is 0.340. The highest BCUT2D eigenvalue weighted by Gasteiger charge is 2.71. The number of fused-ring (bicyclic) bond motifs is 1. The molecule has 1 amide bonds. The topological polar surface area (TPSA) is 59.0 Å². The Balaban J connectivity index is 2.24. The van der Waals surface area contributed by atoms with Crippen LogP contribution >= 0.6 is 74.1 Å². The molecule has 0 radical (unpaired) electrons. The van der Waals surface area contributed by atoms with Crippen LogP contribution in [-0.4, -0.2) is 53.0 Å². The number of esters is 1. The van der Waals surface area contributed by atoms with Crippen molar-refractivity contribution in [3.8, 4) is 0 Å². The molecule has 0 aromatic carbocycles. The fourth-order valence-electron chi connectivity index (χ4n) is 2.52. The largest absolute Gasteiger partial charge is 0.460 e. The maximum atomic E-state index is 12.6. The van der Waals surface area contributed by atoms with Gasteiger partial charge in [-0.2, -0.15) is 0 Å². The first-order valence-electron chi connectivity index (χ1n) is 6.64. The molecule has 2 fully saturated rings. The normalized spacial score (nSPS) is 32.2. The Labute approximate surface area is 172 Å². The van der Waals surface area contributed by atoms with Crippen molar-refractivity contribution >= 4 is 91.1 Å². The monoisotopic (exact) mass is 496 g/mol. The van der Waals surface area contributed by atoms with E-state index in [-0.39, 0.29) is 11.1 Å². The maximum Gasteiger partial charge on any atom is 0.330 e. The average molecular weight is 499 g/mol. The summed E-state index contributed by atoms with van der Waals surface area (Å²) in [6.07, 6.45) is 1.33. The number of amides is 1. The van der Waals surface area contributed by atoms with Gasteiger partial charge >= 0.3 is 5.97 Å². The van der Waals surface area contributed by atoms with Crippen LogP contribution in [0.25, 0.3) is 0 Å². The first kappa shape index (κ1) is 20.6. The lowest BCUT2D eigenvalue weighted by atomic mass is 9.96. The van der Waals surface area contributed by atoms with Crippen LogP contribution in [0, 0.1) is 0 Å². The zero-order valence-corrected chi connectivity index (χ0v) is 18.0. The van der Waals surface area contributed by atoms with E-state index in [1.54, 1.807) is 0 Å². The van der Waals surface area contributed by atoms with Gasteiger partial charge in [0.05, 0.1) is 0 Å². The van der Waals surface area contributed by atoms with Crippen LogP contribution in [0.3, 0.4) is 0 Å². The number of halogens is 5. The molecule has 0 bridgehead atoms. The predicted molar refractivity (Wildman–Crippen MR) is 102 cm³/mol. The second-order valence-corrected chi connectivity index (χ2v) is 11.6. The molecule has 2 saturated heterocycles. The second-order valence-electron chi connectivity index (χ2n) is 5.72. The lowest BCUT2D eigenvalue weighted by Crippen LogP contribution is -2.70. The van der Waals surface area contributed by atoms with E-state index < -0.39 is 37.0 Å². The number of hydrogen-bond donors (Lipinski definition) is 0. The summed E-state index contributed by atoms with van der Waals surface area (Å²) in [5.41, 5.74) is 0. The fourth-order valence-corrected chi connectivity index (χ4v) is 5.37. The number of carbonyl (C=O) groups excluding carboxylic acids is 2. The number of thioether (sulfide) groups is 1. The van der Waals surface area contributed by atoms with Gasteiger partial charge in [-0.3, -0.25) is 4.79 Å². The molecule has 2 aliphatic rings. The summed E-state index contributed by atoms with van der Waals surface area (Å²) in [6.45, 7) is 6.76. The molecule has 3 atom stereocenters. The van der Waals surface area contributed by atoms with Gasteiger partial charge < -0.3 is 9.64 Å². The molecular weight excluding hydrogens is 486 g/mol. The number of hydrogen-bond acceptors (Lipinski definition) is 5. The summed E-state index contributed by atoms with van der Waals surface area (Å²) in [4.78, 5) is 30.6. The van der Waals surface area contributed by atoms with Crippen molar-refractivity contribution in [1.29, 1.82) is 0 Å². The van der Waals surface area contributed by atoms with Crippen molar-refractivity contribution in [2.24, 2.45) is 4.99 Å². The molecule has 0 saturated carbocycles. The molecule has 0 N–H and O–H groups in total. The van der Waals surface area contributed by atoms with E-state index in [1.807, 2.05) is 13.8 Å². The summed E-state index contributed by atoms with van der Waals surface area (Å²) in [5.74, 6) is -1.02. The third-order valence-corrected chi connectivity index (χ3v) is 6.95. The van der Waals surface area contributed by atoms with E-state index in [0.717, 1.165) is 0 Å². The number of ether oxygens (including phenoxy) is 1. The minimum atomic E-state index is -1.72. The van der Waals surface area contributed by atoms with E-state index in [0.29, 0.717) is 0 Å². The zero-order valence-electron chi connectivity index (χ0n) is 12.6. The van der Waals surface area contributed by atoms with Gasteiger partial charge in [0.25, 0.3) is 5.91 Å². The fraction of sp³-hybridized carbons (Fsp3) is 0.615. The molecule has 0 aromatic rings. The van der Waals surface area contributed by atoms with Crippen molar-refractivity contribution < 1.29 is 14.3 Å². The molecular formula is C13H13BrCl4N2O3S. The van der Waals surface area contributed by atoms with Gasteiger partial charge in [-0.25, -0.2) is 9.79 Å². The molecule has 134 valence electrons. The first-order chi connectivity index (χ1) is 10.8. The van der Waals surface area contributed by atoms with Crippen LogP contribution < -0.4 is 0 Å². The van der Waals surface area contributed by atoms with Crippen LogP contribution in [0.5, 0.6) is 0 Å². The molecule has 2 rings (SSSR count). The van der Waals surface area contributed by atoms with Gasteiger partial charge in [0.1, 0.15) is 23.2 Å². The Morgan fingerprint density at radius 2 is 2.12 bits per heavy atom. The molecule has 1 unspecified atom stereocenters. The summed E-state index contributed by atoms with van der Waals surface area (Å²) >= 11 is 27.4. The standard InChI is InChI=1S/C13H13BrCl4N2O3S/c1-4-6(15)19-13(14)9(22)20-7(11(2,3)24-10(13)20)8(21)23-5-12(16,17)18/h4,7,10H,1,5H2,2-3H3/b19-6+/t7-,10+,13?/m0/s1. The van der Waals surface area contributed by atoms with E-state index >= 15 is 0 Å². The number of nitrogens with zero attached hydrogens (tertiary/aromatic N) is 2. The van der Waals surface area contributed by atoms with Gasteiger partial charge in [-0.1, -0.05) is 53.0 Å². The van der Waals surface area contributed by atoms with Crippen molar-refractivity contribution in [1.82, 2.24) is 4.90 Å². The highest BCUT2D eigenvalue weighted by molar-refractivity contribution is 9.10. The SMILES string of the molecule is C=C/C(Cl)=N\C1(Br)C(=O)N2[C@@H](C(=O)OCC(Cl)(Cl)Cl)C(C)(C)S[C@@H]21. The van der Waals surface area contributed by atoms with Crippen LogP contribution in [0.2, 0.25) is 0 Å². The molecule has 0 aliphatic carbocycles. The first-order valence-corrected chi connectivity index (χ1v) is 9.82. The lowest BCUT2D eigenvalue weighted by Gasteiger charge is -2.47. The molecule has 24 heavy (non-hydrogen) atoms. The number of β-lactam (4-membered cyclic amide) rings is 1. The molecule has 2 heterocycles. The zero-order chi connectivity index (χ0) is 18.5. The van der Waals surface area contributed by atoms with Crippen LogP contribution in [0.15, 0.2) is 17.6 Å². The van der Waals surface area contributed by atoms with Gasteiger partial charge in [0, 0.05) is 4.75 Å². The second kappa shape index (κ2) is 6.82. The Morgan fingerprint density at radius 3 is 2.62 bits per heavy atom. The Kier molecular flexibility index (Phi) is 5.86. The molecule has 11 heteroatoms. The number of alkyl halides is 4. The number of aliphatic imine (C=N–C) groups is 1. The van der Waals surface area contributed by atoms with Gasteiger partial charge in [-0.15, -0.1) is 11.8 Å². The molecule has 2 aliphatic heterocycles. The number of carbonyl (C=O) groups is 2. The van der Waals surface area contributed by atoms with Crippen LogP contribution in [0.1, 0.15) is 13.8 Å². The quantitative estimate of drug-likeness (QED) is 0.194. The summed E-state index contributed by atoms with van der Waals surface area (Å²) in [6, 6.07) is -0.823. The number of rotatable bonds is 4. The highest BCUT2D eigenvalue weighted by Crippen LogP contribution is 2.58. The van der Waals surface area contributed by atoms with Gasteiger partial charge in [0.2, 0.25) is 8.24 Å². The van der Waals surface area contributed by atoms with Crippen molar-refractivity contribution in [2.45, 2.75) is 38.3 Å². The van der Waals surface area contributed by atoms with Gasteiger partial charge in [-0.05, 0) is 35.9 Å². The number of allylic oxidation sites excluding steroid dienone is 1. The van der Waals surface area contributed by atoms with Crippen molar-refractivity contribution in [3.05, 3.63) is 12.7 Å². The minimum absolute atomic E-state index is 0.0977. The van der Waals surface area contributed by atoms with E-state index in [2.05, 4.69) is 27.5 Å². The van der Waals surface area contributed by atoms with Gasteiger partial charge in [0.15, 0.2) is 0 Å². The smallest absolute Gasteiger partial charge is 0.330 e. The molecule has 0 spiro atoms. The van der Waals surface area contributed by atoms with Crippen LogP contribution in [0.4, 0.5) is 0 Å². The highest BCUT2D eigenvalue weighted by atomic mass is 79.9. The lowest BCUT2D eigenvalue weighted by molar-refractivity contribution is -0.163. The third kappa shape index (κ3) is 3.71. The predicted octanol–water partition coefficient (Wildman–Crippen LogP) is 3.88. The van der Waals surface area contributed by atoms with Crippen molar-refractivity contribution in [3.63, 3.8) is 0 Å². The molecule has 5 nitrogen and oxygen atoms in total. The summed E-state index contributed by atoms with van der Waals surface area (Å²) in [7, 11) is 0. The Morgan fingerprint density at radius 1 is 1.54 bits per heavy atom. The van der Waals surface area contributed by atoms with E-state index in [1.165, 1.54) is 22.7 Å². The van der Waals surface area contributed by atoms with Crippen molar-refractivity contribution in [2.75, 3.05) is 6.61 Å².